The van der Waals surface area contributed by atoms with Crippen LogP contribution in [0.15, 0.2) is 24.3 Å². The molecular weight excluding hydrogens is 283 g/mol. The zero-order valence-corrected chi connectivity index (χ0v) is 10.7. The number of carbonyl (C=O) groups excluding carboxylic acids is 1. The first kappa shape index (κ1) is 15.8. The zero-order valence-electron chi connectivity index (χ0n) is 9.97. The summed E-state index contributed by atoms with van der Waals surface area (Å²) in [5.74, 6) is -0.0736. The van der Waals surface area contributed by atoms with Crippen LogP contribution in [0.5, 0.6) is 0 Å². The summed E-state index contributed by atoms with van der Waals surface area (Å²) in [7, 11) is 0. The van der Waals surface area contributed by atoms with E-state index in [0.29, 0.717) is 19.1 Å². The Labute approximate surface area is 113 Å². The maximum Gasteiger partial charge on any atom is 0.416 e. The van der Waals surface area contributed by atoms with Crippen LogP contribution in [-0.4, -0.2) is 31.5 Å². The van der Waals surface area contributed by atoms with Crippen molar-refractivity contribution in [3.05, 3.63) is 35.4 Å². The van der Waals surface area contributed by atoms with Crippen LogP contribution in [0.3, 0.4) is 0 Å². The van der Waals surface area contributed by atoms with Gasteiger partial charge in [-0.3, -0.25) is 4.79 Å². The monoisotopic (exact) mass is 295 g/mol. The third kappa shape index (κ3) is 5.48. The van der Waals surface area contributed by atoms with Gasteiger partial charge in [-0.15, -0.1) is 11.6 Å². The predicted molar refractivity (Wildman–Crippen MR) is 65.3 cm³/mol. The van der Waals surface area contributed by atoms with Crippen LogP contribution in [0.4, 0.5) is 13.2 Å². The fraction of sp³-hybridized carbons (Fsp3) is 0.417. The van der Waals surface area contributed by atoms with E-state index in [4.69, 9.17) is 16.3 Å². The van der Waals surface area contributed by atoms with Crippen molar-refractivity contribution in [2.24, 2.45) is 0 Å². The normalized spacial score (nSPS) is 11.4. The molecule has 19 heavy (non-hydrogen) atoms. The van der Waals surface area contributed by atoms with Gasteiger partial charge in [0.2, 0.25) is 0 Å². The van der Waals surface area contributed by atoms with Crippen LogP contribution < -0.4 is 5.32 Å². The average Bonchev–Trinajstić information content (AvgIpc) is 2.37. The molecule has 0 unspecified atom stereocenters. The predicted octanol–water partition coefficient (Wildman–Crippen LogP) is 2.69. The highest BCUT2D eigenvalue weighted by Gasteiger charge is 2.30. The third-order valence-corrected chi connectivity index (χ3v) is 2.38. The molecule has 1 N–H and O–H groups in total. The molecule has 0 aliphatic rings. The number of hydrogen-bond donors (Lipinski definition) is 1. The minimum absolute atomic E-state index is 0.172. The molecule has 1 rings (SSSR count). The Kier molecular flexibility index (Phi) is 6.11. The van der Waals surface area contributed by atoms with E-state index in [9.17, 15) is 18.0 Å². The summed E-state index contributed by atoms with van der Waals surface area (Å²) < 4.78 is 42.0. The van der Waals surface area contributed by atoms with Gasteiger partial charge in [0.05, 0.1) is 18.8 Å². The Morgan fingerprint density at radius 1 is 1.21 bits per heavy atom. The van der Waals surface area contributed by atoms with Gasteiger partial charge in [-0.1, -0.05) is 0 Å². The van der Waals surface area contributed by atoms with Crippen molar-refractivity contribution in [2.45, 2.75) is 6.18 Å². The minimum Gasteiger partial charge on any atom is -0.378 e. The van der Waals surface area contributed by atoms with Gasteiger partial charge in [-0.05, 0) is 24.3 Å². The number of hydrogen-bond acceptors (Lipinski definition) is 2. The second-order valence-corrected chi connectivity index (χ2v) is 4.01. The van der Waals surface area contributed by atoms with E-state index in [-0.39, 0.29) is 12.1 Å². The van der Waals surface area contributed by atoms with Crippen molar-refractivity contribution >= 4 is 17.5 Å². The molecule has 0 aromatic heterocycles. The minimum atomic E-state index is -4.40. The quantitative estimate of drug-likeness (QED) is 0.647. The number of halogens is 4. The Hall–Kier alpha value is -1.27. The number of nitrogens with one attached hydrogen (secondary N) is 1. The van der Waals surface area contributed by atoms with E-state index in [1.54, 1.807) is 0 Å². The Bertz CT molecular complexity index is 406. The van der Waals surface area contributed by atoms with Gasteiger partial charge in [0.15, 0.2) is 0 Å². The topological polar surface area (TPSA) is 38.3 Å². The average molecular weight is 296 g/mol. The van der Waals surface area contributed by atoms with Gasteiger partial charge < -0.3 is 10.1 Å². The first-order chi connectivity index (χ1) is 8.95. The highest BCUT2D eigenvalue weighted by molar-refractivity contribution is 6.17. The number of ether oxygens (including phenoxy) is 1. The maximum atomic E-state index is 12.3. The summed E-state index contributed by atoms with van der Waals surface area (Å²) in [5, 5.41) is 2.53. The third-order valence-electron chi connectivity index (χ3n) is 2.23. The van der Waals surface area contributed by atoms with Crippen molar-refractivity contribution in [3.63, 3.8) is 0 Å². The van der Waals surface area contributed by atoms with Crippen LogP contribution in [-0.2, 0) is 10.9 Å². The lowest BCUT2D eigenvalue weighted by atomic mass is 10.1. The highest BCUT2D eigenvalue weighted by Crippen LogP contribution is 2.28. The van der Waals surface area contributed by atoms with E-state index in [1.165, 1.54) is 0 Å². The molecule has 0 heterocycles. The van der Waals surface area contributed by atoms with E-state index >= 15 is 0 Å². The zero-order chi connectivity index (χ0) is 14.3. The molecule has 0 aliphatic carbocycles. The van der Waals surface area contributed by atoms with Crippen LogP contribution in [0.25, 0.3) is 0 Å². The molecule has 0 fully saturated rings. The molecule has 0 spiro atoms. The smallest absolute Gasteiger partial charge is 0.378 e. The SMILES string of the molecule is O=C(NCCOCCCl)c1ccc(C(F)(F)F)cc1. The first-order valence-corrected chi connectivity index (χ1v) is 6.08. The lowest BCUT2D eigenvalue weighted by Gasteiger charge is -2.08. The van der Waals surface area contributed by atoms with Gasteiger partial charge in [-0.25, -0.2) is 0 Å². The number of carbonyl (C=O) groups is 1. The molecule has 0 radical (unpaired) electrons. The van der Waals surface area contributed by atoms with E-state index < -0.39 is 17.6 Å². The van der Waals surface area contributed by atoms with Crippen molar-refractivity contribution in [1.29, 1.82) is 0 Å². The second-order valence-electron chi connectivity index (χ2n) is 3.63. The molecule has 106 valence electrons. The summed E-state index contributed by atoms with van der Waals surface area (Å²) in [6.45, 7) is 0.966. The molecule has 0 atom stereocenters. The number of rotatable bonds is 6. The standard InChI is InChI=1S/C12H13ClF3NO2/c13-5-7-19-8-6-17-11(18)9-1-3-10(4-2-9)12(14,15)16/h1-4H,5-8H2,(H,17,18). The molecule has 1 aromatic rings. The molecule has 0 bridgehead atoms. The fourth-order valence-corrected chi connectivity index (χ4v) is 1.42. The summed E-state index contributed by atoms with van der Waals surface area (Å²) in [6, 6.07) is 4.02. The van der Waals surface area contributed by atoms with Crippen molar-refractivity contribution in [2.75, 3.05) is 25.6 Å². The van der Waals surface area contributed by atoms with Crippen LogP contribution >= 0.6 is 11.6 Å². The summed E-state index contributed by atoms with van der Waals surface area (Å²) in [4.78, 5) is 11.6. The Morgan fingerprint density at radius 3 is 2.37 bits per heavy atom. The summed E-state index contributed by atoms with van der Waals surface area (Å²) in [5.41, 5.74) is -0.611. The van der Waals surface area contributed by atoms with Gasteiger partial charge in [-0.2, -0.15) is 13.2 Å². The van der Waals surface area contributed by atoms with E-state index in [0.717, 1.165) is 24.3 Å². The van der Waals surface area contributed by atoms with E-state index in [2.05, 4.69) is 5.32 Å². The Morgan fingerprint density at radius 2 is 1.84 bits per heavy atom. The van der Waals surface area contributed by atoms with E-state index in [1.807, 2.05) is 0 Å². The van der Waals surface area contributed by atoms with Gasteiger partial charge in [0.1, 0.15) is 0 Å². The highest BCUT2D eigenvalue weighted by atomic mass is 35.5. The van der Waals surface area contributed by atoms with Gasteiger partial charge in [0, 0.05) is 18.0 Å². The van der Waals surface area contributed by atoms with Crippen LogP contribution in [0.1, 0.15) is 15.9 Å². The summed E-state index contributed by atoms with van der Waals surface area (Å²) in [6.07, 6.45) is -4.40. The second kappa shape index (κ2) is 7.35. The Balaban J connectivity index is 2.45. The van der Waals surface area contributed by atoms with Gasteiger partial charge >= 0.3 is 6.18 Å². The number of amides is 1. The molecule has 1 amide bonds. The van der Waals surface area contributed by atoms with Crippen molar-refractivity contribution in [3.8, 4) is 0 Å². The maximum absolute atomic E-state index is 12.3. The van der Waals surface area contributed by atoms with Crippen LogP contribution in [0.2, 0.25) is 0 Å². The molecule has 3 nitrogen and oxygen atoms in total. The van der Waals surface area contributed by atoms with Crippen molar-refractivity contribution < 1.29 is 22.7 Å². The van der Waals surface area contributed by atoms with Crippen molar-refractivity contribution in [1.82, 2.24) is 5.32 Å². The molecular formula is C12H13ClF3NO2. The molecule has 0 aliphatic heterocycles. The summed E-state index contributed by atoms with van der Waals surface area (Å²) >= 11 is 5.39. The lowest BCUT2D eigenvalue weighted by molar-refractivity contribution is -0.137. The largest absolute Gasteiger partial charge is 0.416 e. The first-order valence-electron chi connectivity index (χ1n) is 5.54. The molecule has 0 saturated carbocycles. The molecule has 1 aromatic carbocycles. The lowest BCUT2D eigenvalue weighted by Crippen LogP contribution is -2.27. The van der Waals surface area contributed by atoms with Gasteiger partial charge in [0.25, 0.3) is 5.91 Å². The molecule has 0 saturated heterocycles. The number of alkyl halides is 4. The fourth-order valence-electron chi connectivity index (χ4n) is 1.31. The number of benzene rings is 1. The van der Waals surface area contributed by atoms with Crippen LogP contribution in [0, 0.1) is 0 Å². The molecule has 7 heteroatoms.